The van der Waals surface area contributed by atoms with Crippen LogP contribution in [0.3, 0.4) is 0 Å². The second kappa shape index (κ2) is 7.71. The zero-order valence-electron chi connectivity index (χ0n) is 12.6. The lowest BCUT2D eigenvalue weighted by Gasteiger charge is -2.13. The number of benzene rings is 2. The Morgan fingerprint density at radius 3 is 2.55 bits per heavy atom. The summed E-state index contributed by atoms with van der Waals surface area (Å²) in [4.78, 5) is 12.1. The topological polar surface area (TPSA) is 47.6 Å². The van der Waals surface area contributed by atoms with Gasteiger partial charge in [0, 0.05) is 6.54 Å². The molecule has 0 radical (unpaired) electrons. The summed E-state index contributed by atoms with van der Waals surface area (Å²) in [7, 11) is 3.20. The van der Waals surface area contributed by atoms with Crippen molar-refractivity contribution in [3.8, 4) is 11.5 Å². The average Bonchev–Trinajstić information content (AvgIpc) is 2.54. The number of halogens is 1. The van der Waals surface area contributed by atoms with Crippen LogP contribution in [-0.4, -0.2) is 26.7 Å². The summed E-state index contributed by atoms with van der Waals surface area (Å²) in [6, 6.07) is 12.7. The van der Waals surface area contributed by atoms with E-state index in [9.17, 15) is 4.79 Å². The number of hydrogen-bond acceptors (Lipinski definition) is 3. The average molecular weight is 320 g/mol. The van der Waals surface area contributed by atoms with E-state index < -0.39 is 0 Å². The molecule has 0 fully saturated rings. The van der Waals surface area contributed by atoms with Crippen molar-refractivity contribution in [2.45, 2.75) is 6.42 Å². The maximum Gasteiger partial charge on any atom is 0.252 e. The number of amides is 1. The maximum atomic E-state index is 12.1. The first-order valence-corrected chi connectivity index (χ1v) is 7.27. The van der Waals surface area contributed by atoms with Gasteiger partial charge in [-0.15, -0.1) is 0 Å². The van der Waals surface area contributed by atoms with Crippen molar-refractivity contribution >= 4 is 17.5 Å². The largest absolute Gasteiger partial charge is 0.493 e. The van der Waals surface area contributed by atoms with Crippen LogP contribution in [0, 0.1) is 0 Å². The van der Waals surface area contributed by atoms with E-state index in [1.54, 1.807) is 38.5 Å². The lowest BCUT2D eigenvalue weighted by molar-refractivity contribution is 0.0954. The van der Waals surface area contributed by atoms with Crippen molar-refractivity contribution in [2.75, 3.05) is 20.8 Å². The fourth-order valence-corrected chi connectivity index (χ4v) is 2.42. The van der Waals surface area contributed by atoms with Gasteiger partial charge < -0.3 is 14.8 Å². The monoisotopic (exact) mass is 319 g/mol. The number of nitrogens with one attached hydrogen (secondary N) is 1. The van der Waals surface area contributed by atoms with Crippen molar-refractivity contribution in [3.63, 3.8) is 0 Å². The van der Waals surface area contributed by atoms with E-state index in [1.165, 1.54) is 0 Å². The zero-order valence-corrected chi connectivity index (χ0v) is 13.3. The fraction of sp³-hybridized carbons (Fsp3) is 0.235. The van der Waals surface area contributed by atoms with Crippen LogP contribution in [0.2, 0.25) is 5.02 Å². The minimum absolute atomic E-state index is 0.188. The molecule has 0 atom stereocenters. The summed E-state index contributed by atoms with van der Waals surface area (Å²) in [5.41, 5.74) is 1.45. The molecule has 2 rings (SSSR count). The third kappa shape index (κ3) is 3.71. The van der Waals surface area contributed by atoms with Crippen LogP contribution >= 0.6 is 11.6 Å². The molecule has 2 aromatic carbocycles. The Balaban J connectivity index is 2.00. The summed E-state index contributed by atoms with van der Waals surface area (Å²) in [6.45, 7) is 0.480. The van der Waals surface area contributed by atoms with Gasteiger partial charge in [0.25, 0.3) is 5.91 Å². The van der Waals surface area contributed by atoms with E-state index in [1.807, 2.05) is 18.2 Å². The summed E-state index contributed by atoms with van der Waals surface area (Å²) < 4.78 is 10.6. The molecule has 5 heteroatoms. The summed E-state index contributed by atoms with van der Waals surface area (Å²) in [5, 5.41) is 3.30. The number of carbonyl (C=O) groups is 1. The highest BCUT2D eigenvalue weighted by molar-refractivity contribution is 6.33. The number of para-hydroxylation sites is 1. The molecule has 0 spiro atoms. The van der Waals surface area contributed by atoms with Crippen LogP contribution < -0.4 is 14.8 Å². The third-order valence-electron chi connectivity index (χ3n) is 3.28. The Morgan fingerprint density at radius 2 is 1.86 bits per heavy atom. The third-order valence-corrected chi connectivity index (χ3v) is 3.61. The van der Waals surface area contributed by atoms with Crippen molar-refractivity contribution < 1.29 is 14.3 Å². The molecule has 0 saturated heterocycles. The highest BCUT2D eigenvalue weighted by Crippen LogP contribution is 2.30. The first-order valence-electron chi connectivity index (χ1n) is 6.90. The van der Waals surface area contributed by atoms with Gasteiger partial charge in [0.1, 0.15) is 0 Å². The number of ether oxygens (including phenoxy) is 2. The normalized spacial score (nSPS) is 10.1. The van der Waals surface area contributed by atoms with Gasteiger partial charge >= 0.3 is 0 Å². The molecular formula is C17H18ClNO3. The second-order valence-corrected chi connectivity index (χ2v) is 5.05. The minimum Gasteiger partial charge on any atom is -0.493 e. The molecule has 4 nitrogen and oxygen atoms in total. The van der Waals surface area contributed by atoms with Crippen LogP contribution in [0.25, 0.3) is 0 Å². The van der Waals surface area contributed by atoms with E-state index >= 15 is 0 Å². The molecule has 1 N–H and O–H groups in total. The SMILES string of the molecule is COc1cccc(CCNC(=O)c2ccccc2Cl)c1OC. The highest BCUT2D eigenvalue weighted by atomic mass is 35.5. The summed E-state index contributed by atoms with van der Waals surface area (Å²) in [5.74, 6) is 1.18. The number of methoxy groups -OCH3 is 2. The van der Waals surface area contributed by atoms with Crippen molar-refractivity contribution in [2.24, 2.45) is 0 Å². The standard InChI is InChI=1S/C17H18ClNO3/c1-21-15-9-5-6-12(16(15)22-2)10-11-19-17(20)13-7-3-4-8-14(13)18/h3-9H,10-11H2,1-2H3,(H,19,20). The smallest absolute Gasteiger partial charge is 0.252 e. The minimum atomic E-state index is -0.188. The molecule has 0 aromatic heterocycles. The molecule has 22 heavy (non-hydrogen) atoms. The fourth-order valence-electron chi connectivity index (χ4n) is 2.20. The molecule has 0 saturated carbocycles. The van der Waals surface area contributed by atoms with Crippen LogP contribution in [0.1, 0.15) is 15.9 Å². The Bertz CT molecular complexity index is 658. The molecule has 1 amide bonds. The first kappa shape index (κ1) is 16.2. The molecule has 0 unspecified atom stereocenters. The molecule has 0 heterocycles. The van der Waals surface area contributed by atoms with Crippen LogP contribution in [0.15, 0.2) is 42.5 Å². The predicted octanol–water partition coefficient (Wildman–Crippen LogP) is 3.33. The lowest BCUT2D eigenvalue weighted by Crippen LogP contribution is -2.26. The van der Waals surface area contributed by atoms with Gasteiger partial charge in [-0.05, 0) is 30.2 Å². The zero-order chi connectivity index (χ0) is 15.9. The Labute approximate surface area is 135 Å². The summed E-state index contributed by atoms with van der Waals surface area (Å²) >= 11 is 6.00. The van der Waals surface area contributed by atoms with E-state index in [0.29, 0.717) is 35.1 Å². The van der Waals surface area contributed by atoms with Gasteiger partial charge in [-0.2, -0.15) is 0 Å². The van der Waals surface area contributed by atoms with Crippen LogP contribution in [-0.2, 0) is 6.42 Å². The van der Waals surface area contributed by atoms with Crippen molar-refractivity contribution in [1.29, 1.82) is 0 Å². The Kier molecular flexibility index (Phi) is 5.67. The molecule has 0 aliphatic rings. The van der Waals surface area contributed by atoms with Crippen LogP contribution in [0.4, 0.5) is 0 Å². The van der Waals surface area contributed by atoms with Gasteiger partial charge in [-0.1, -0.05) is 35.9 Å². The molecular weight excluding hydrogens is 302 g/mol. The van der Waals surface area contributed by atoms with Crippen LogP contribution in [0.5, 0.6) is 11.5 Å². The van der Waals surface area contributed by atoms with E-state index in [2.05, 4.69) is 5.32 Å². The molecule has 116 valence electrons. The second-order valence-electron chi connectivity index (χ2n) is 4.64. The summed E-state index contributed by atoms with van der Waals surface area (Å²) in [6.07, 6.45) is 0.635. The lowest BCUT2D eigenvalue weighted by atomic mass is 10.1. The molecule has 0 bridgehead atoms. The van der Waals surface area contributed by atoms with E-state index in [-0.39, 0.29) is 5.91 Å². The molecule has 0 aliphatic carbocycles. The first-order chi connectivity index (χ1) is 10.7. The Hall–Kier alpha value is -2.20. The Morgan fingerprint density at radius 1 is 1.09 bits per heavy atom. The quantitative estimate of drug-likeness (QED) is 0.888. The van der Waals surface area contributed by atoms with E-state index in [4.69, 9.17) is 21.1 Å². The van der Waals surface area contributed by atoms with Gasteiger partial charge in [0.2, 0.25) is 0 Å². The maximum absolute atomic E-state index is 12.1. The highest BCUT2D eigenvalue weighted by Gasteiger charge is 2.11. The van der Waals surface area contributed by atoms with Crippen molar-refractivity contribution in [1.82, 2.24) is 5.32 Å². The number of rotatable bonds is 6. The molecule has 0 aliphatic heterocycles. The molecule has 2 aromatic rings. The number of carbonyl (C=O) groups excluding carboxylic acids is 1. The van der Waals surface area contributed by atoms with Gasteiger partial charge in [-0.25, -0.2) is 0 Å². The van der Waals surface area contributed by atoms with Gasteiger partial charge in [0.05, 0.1) is 24.8 Å². The number of hydrogen-bond donors (Lipinski definition) is 1. The predicted molar refractivity (Wildman–Crippen MR) is 87.0 cm³/mol. The van der Waals surface area contributed by atoms with Gasteiger partial charge in [-0.3, -0.25) is 4.79 Å². The van der Waals surface area contributed by atoms with Gasteiger partial charge in [0.15, 0.2) is 11.5 Å². The van der Waals surface area contributed by atoms with E-state index in [0.717, 1.165) is 5.56 Å². The van der Waals surface area contributed by atoms with Crippen molar-refractivity contribution in [3.05, 3.63) is 58.6 Å².